The van der Waals surface area contributed by atoms with E-state index >= 15 is 0 Å². The van der Waals surface area contributed by atoms with Gasteiger partial charge in [-0.2, -0.15) is 13.3 Å². The van der Waals surface area contributed by atoms with Crippen molar-refractivity contribution in [2.24, 2.45) is 0 Å². The first-order valence-electron chi connectivity index (χ1n) is 3.77. The second-order valence-corrected chi connectivity index (χ2v) is 4.07. The lowest BCUT2D eigenvalue weighted by atomic mass is 10.3. The van der Waals surface area contributed by atoms with Crippen molar-refractivity contribution in [2.75, 3.05) is 6.67 Å². The molecule has 80 valence electrons. The summed E-state index contributed by atoms with van der Waals surface area (Å²) in [5, 5.41) is 0. The number of Topliss-reactive ketones (excluding diaryl/α,β-unsaturated/α-hetero) is 1. The first-order valence-corrected chi connectivity index (χ1v) is 4.78. The molecule has 0 aromatic rings. The molecule has 0 aromatic heterocycles. The average Bonchev–Trinajstić information content (AvgIpc) is 2.14. The van der Waals surface area contributed by atoms with E-state index in [-0.39, 0.29) is 19.1 Å². The Morgan fingerprint density at radius 2 is 1.93 bits per heavy atom. The highest BCUT2D eigenvalue weighted by Gasteiger charge is 2.40. The van der Waals surface area contributed by atoms with Crippen molar-refractivity contribution in [1.82, 2.24) is 13.3 Å². The van der Waals surface area contributed by atoms with E-state index in [9.17, 15) is 9.59 Å². The van der Waals surface area contributed by atoms with Gasteiger partial charge in [0.15, 0.2) is 12.5 Å². The topological polar surface area (TPSA) is 43.9 Å². The Hall–Kier alpha value is 0.0900. The number of ketones is 1. The third-order valence-corrected chi connectivity index (χ3v) is 3.05. The fourth-order valence-electron chi connectivity index (χ4n) is 1.09. The van der Waals surface area contributed by atoms with Gasteiger partial charge in [-0.05, 0) is 42.3 Å². The maximum absolute atomic E-state index is 11.2. The van der Waals surface area contributed by atoms with Crippen LogP contribution in [0.3, 0.4) is 0 Å². The van der Waals surface area contributed by atoms with Crippen LogP contribution in [0.2, 0.25) is 0 Å². The van der Waals surface area contributed by atoms with E-state index in [0.29, 0.717) is 0 Å². The lowest BCUT2D eigenvalue weighted by molar-refractivity contribution is -0.138. The Morgan fingerprint density at radius 1 is 1.36 bits per heavy atom. The van der Waals surface area contributed by atoms with Crippen LogP contribution in [0.1, 0.15) is 6.92 Å². The first-order chi connectivity index (χ1) is 6.49. The number of nitrogens with zero attached hydrogens (tertiary/aromatic N) is 3. The van der Waals surface area contributed by atoms with E-state index < -0.39 is 11.9 Å². The monoisotopic (exact) mass is 259 g/mol. The normalized spacial score (nSPS) is 31.7. The molecule has 1 heterocycles. The molecular weight excluding hydrogens is 252 g/mol. The van der Waals surface area contributed by atoms with Gasteiger partial charge >= 0.3 is 0 Å². The summed E-state index contributed by atoms with van der Waals surface area (Å²) in [4.78, 5) is 21.5. The fourth-order valence-corrected chi connectivity index (χ4v) is 2.05. The van der Waals surface area contributed by atoms with Crippen LogP contribution in [0.15, 0.2) is 0 Å². The maximum atomic E-state index is 11.2. The Kier molecular flexibility index (Phi) is 4.12. The molecule has 1 saturated heterocycles. The Balaban J connectivity index is 2.83. The van der Waals surface area contributed by atoms with Crippen LogP contribution in [0, 0.1) is 0 Å². The van der Waals surface area contributed by atoms with Crippen molar-refractivity contribution in [3.05, 3.63) is 0 Å². The van der Waals surface area contributed by atoms with Gasteiger partial charge in [0.05, 0.1) is 12.8 Å². The largest absolute Gasteiger partial charge is 0.294 e. The molecule has 8 heteroatoms. The quantitative estimate of drug-likeness (QED) is 0.417. The SMILES string of the molecule is CC1N(Cl)CN(Cl)C(C(=O)C=O)N1Cl. The van der Waals surface area contributed by atoms with E-state index in [1.54, 1.807) is 6.92 Å². The van der Waals surface area contributed by atoms with E-state index in [2.05, 4.69) is 0 Å². The molecule has 14 heavy (non-hydrogen) atoms. The van der Waals surface area contributed by atoms with Gasteiger partial charge in [0.2, 0.25) is 5.78 Å². The Bertz CT molecular complexity index is 252. The van der Waals surface area contributed by atoms with Gasteiger partial charge in [0.1, 0.15) is 0 Å². The number of hydrogen-bond donors (Lipinski definition) is 0. The minimum atomic E-state index is -0.971. The van der Waals surface area contributed by atoms with Gasteiger partial charge < -0.3 is 0 Å². The summed E-state index contributed by atoms with van der Waals surface area (Å²) in [6.07, 6.45) is -1.17. The average molecular weight is 261 g/mol. The van der Waals surface area contributed by atoms with E-state index in [0.717, 1.165) is 8.84 Å². The third kappa shape index (κ3) is 2.18. The summed E-state index contributed by atoms with van der Waals surface area (Å²) in [7, 11) is 0. The van der Waals surface area contributed by atoms with E-state index in [4.69, 9.17) is 35.3 Å². The molecule has 1 aliphatic heterocycles. The van der Waals surface area contributed by atoms with Crippen molar-refractivity contribution in [2.45, 2.75) is 19.3 Å². The van der Waals surface area contributed by atoms with Gasteiger partial charge in [-0.3, -0.25) is 9.59 Å². The number of hydrogen-bond acceptors (Lipinski definition) is 5. The summed E-state index contributed by atoms with van der Waals surface area (Å²) in [5.41, 5.74) is 0. The molecule has 1 aliphatic rings. The minimum absolute atomic E-state index is 0.137. The van der Waals surface area contributed by atoms with Crippen LogP contribution < -0.4 is 0 Å². The Morgan fingerprint density at radius 3 is 2.43 bits per heavy atom. The molecule has 0 aromatic carbocycles. The third-order valence-electron chi connectivity index (χ3n) is 1.90. The lowest BCUT2D eigenvalue weighted by Gasteiger charge is -2.41. The molecule has 2 unspecified atom stereocenters. The smallest absolute Gasteiger partial charge is 0.229 e. The lowest BCUT2D eigenvalue weighted by Crippen LogP contribution is -2.59. The number of carbonyl (C=O) groups excluding carboxylic acids is 2. The zero-order valence-corrected chi connectivity index (χ0v) is 9.50. The van der Waals surface area contributed by atoms with E-state index in [1.807, 2.05) is 0 Å². The second kappa shape index (κ2) is 4.74. The molecule has 0 saturated carbocycles. The molecule has 1 rings (SSSR count). The molecule has 2 atom stereocenters. The summed E-state index contributed by atoms with van der Waals surface area (Å²) in [5.74, 6) is -0.702. The van der Waals surface area contributed by atoms with Crippen LogP contribution in [0.4, 0.5) is 0 Å². The highest BCUT2D eigenvalue weighted by atomic mass is 35.5. The molecule has 0 bridgehead atoms. The standard InChI is InChI=1S/C6H8Cl3N3O2/c1-4-10(7)3-11(8)6(12(4)9)5(14)2-13/h2,4,6H,3H2,1H3. The summed E-state index contributed by atoms with van der Waals surface area (Å²) >= 11 is 17.3. The summed E-state index contributed by atoms with van der Waals surface area (Å²) < 4.78 is 3.48. The second-order valence-electron chi connectivity index (χ2n) is 2.81. The van der Waals surface area contributed by atoms with Gasteiger partial charge in [-0.1, -0.05) is 0 Å². The first kappa shape index (κ1) is 12.2. The molecule has 0 spiro atoms. The van der Waals surface area contributed by atoms with Crippen molar-refractivity contribution >= 4 is 47.4 Å². The number of aldehydes is 1. The fraction of sp³-hybridized carbons (Fsp3) is 0.667. The van der Waals surface area contributed by atoms with Crippen molar-refractivity contribution in [3.63, 3.8) is 0 Å². The maximum Gasteiger partial charge on any atom is 0.229 e. The van der Waals surface area contributed by atoms with Crippen molar-refractivity contribution < 1.29 is 9.59 Å². The van der Waals surface area contributed by atoms with Crippen LogP contribution >= 0.6 is 35.3 Å². The molecule has 0 amide bonds. The van der Waals surface area contributed by atoms with E-state index in [1.165, 1.54) is 4.42 Å². The predicted molar refractivity (Wildman–Crippen MR) is 52.3 cm³/mol. The molecular formula is C6H8Cl3N3O2. The number of halogens is 3. The van der Waals surface area contributed by atoms with Gasteiger partial charge in [-0.15, -0.1) is 0 Å². The number of carbonyl (C=O) groups is 2. The Labute approximate surface area is 96.4 Å². The summed E-state index contributed by atoms with van der Waals surface area (Å²) in [6.45, 7) is 1.83. The van der Waals surface area contributed by atoms with Gasteiger partial charge in [0.25, 0.3) is 0 Å². The molecule has 0 N–H and O–H groups in total. The predicted octanol–water partition coefficient (Wildman–Crippen LogP) is 0.765. The van der Waals surface area contributed by atoms with Gasteiger partial charge in [0, 0.05) is 0 Å². The van der Waals surface area contributed by atoms with Gasteiger partial charge in [-0.25, -0.2) is 0 Å². The van der Waals surface area contributed by atoms with Crippen molar-refractivity contribution in [3.8, 4) is 0 Å². The molecule has 0 aliphatic carbocycles. The zero-order valence-electron chi connectivity index (χ0n) is 7.23. The molecule has 0 radical (unpaired) electrons. The van der Waals surface area contributed by atoms with Crippen LogP contribution in [0.5, 0.6) is 0 Å². The highest BCUT2D eigenvalue weighted by Crippen LogP contribution is 2.25. The highest BCUT2D eigenvalue weighted by molar-refractivity contribution is 6.31. The van der Waals surface area contributed by atoms with Crippen LogP contribution in [-0.4, -0.2) is 44.3 Å². The zero-order chi connectivity index (χ0) is 10.9. The van der Waals surface area contributed by atoms with Crippen LogP contribution in [-0.2, 0) is 9.59 Å². The molecule has 1 fully saturated rings. The number of rotatable bonds is 2. The van der Waals surface area contributed by atoms with Crippen molar-refractivity contribution in [1.29, 1.82) is 0 Å². The van der Waals surface area contributed by atoms with Crippen LogP contribution in [0.25, 0.3) is 0 Å². The summed E-state index contributed by atoms with van der Waals surface area (Å²) in [6, 6.07) is 0. The molecule has 5 nitrogen and oxygen atoms in total. The minimum Gasteiger partial charge on any atom is -0.294 e.